The Morgan fingerprint density at radius 3 is 2.50 bits per heavy atom. The molecule has 0 aliphatic carbocycles. The first-order chi connectivity index (χ1) is 9.51. The molecule has 0 saturated heterocycles. The molecule has 5 nitrogen and oxygen atoms in total. The smallest absolute Gasteiger partial charge is 0.170 e. The number of nitrogens with zero attached hydrogens (tertiary/aromatic N) is 3. The molecule has 106 valence electrons. The molecule has 20 heavy (non-hydrogen) atoms. The van der Waals surface area contributed by atoms with Crippen LogP contribution in [0.15, 0.2) is 29.4 Å². The van der Waals surface area contributed by atoms with E-state index >= 15 is 0 Å². The highest BCUT2D eigenvalue weighted by Gasteiger charge is 2.08. The van der Waals surface area contributed by atoms with Gasteiger partial charge in [0.25, 0.3) is 0 Å². The van der Waals surface area contributed by atoms with Gasteiger partial charge < -0.3 is 15.8 Å². The molecule has 6 heteroatoms. The van der Waals surface area contributed by atoms with E-state index < -0.39 is 0 Å². The molecule has 0 saturated carbocycles. The highest BCUT2D eigenvalue weighted by molar-refractivity contribution is 7.11. The highest BCUT2D eigenvalue weighted by Crippen LogP contribution is 2.21. The SMILES string of the molecule is Cc1nc(CN(C)c2ccc(/C(N)=N/O)cc2)sc1C. The maximum Gasteiger partial charge on any atom is 0.170 e. The minimum atomic E-state index is 0.116. The third kappa shape index (κ3) is 3.08. The molecule has 1 aromatic carbocycles. The Morgan fingerprint density at radius 1 is 1.35 bits per heavy atom. The normalized spacial score (nSPS) is 11.7. The minimum Gasteiger partial charge on any atom is -0.409 e. The summed E-state index contributed by atoms with van der Waals surface area (Å²) in [4.78, 5) is 7.92. The van der Waals surface area contributed by atoms with Gasteiger partial charge in [0.2, 0.25) is 0 Å². The fourth-order valence-corrected chi connectivity index (χ4v) is 2.83. The predicted octanol–water partition coefficient (Wildman–Crippen LogP) is 2.49. The van der Waals surface area contributed by atoms with Crippen molar-refractivity contribution in [2.45, 2.75) is 20.4 Å². The van der Waals surface area contributed by atoms with Crippen molar-refractivity contribution < 1.29 is 5.21 Å². The van der Waals surface area contributed by atoms with E-state index in [9.17, 15) is 0 Å². The summed E-state index contributed by atoms with van der Waals surface area (Å²) in [5.74, 6) is 0.116. The van der Waals surface area contributed by atoms with Gasteiger partial charge in [0.05, 0.1) is 12.2 Å². The lowest BCUT2D eigenvalue weighted by Gasteiger charge is -2.18. The zero-order chi connectivity index (χ0) is 14.7. The van der Waals surface area contributed by atoms with Crippen LogP contribution in [0.2, 0.25) is 0 Å². The van der Waals surface area contributed by atoms with Crippen LogP contribution in [0.3, 0.4) is 0 Å². The molecule has 0 fully saturated rings. The van der Waals surface area contributed by atoms with Gasteiger partial charge in [-0.15, -0.1) is 11.3 Å². The van der Waals surface area contributed by atoms with E-state index in [0.717, 1.165) is 22.9 Å². The molecule has 0 amide bonds. The standard InChI is InChI=1S/C14H18N4OS/c1-9-10(2)20-13(16-9)8-18(3)12-6-4-11(5-7-12)14(15)17-19/h4-7,19H,8H2,1-3H3,(H2,15,17). The quantitative estimate of drug-likeness (QED) is 0.392. The Balaban J connectivity index is 2.11. The number of rotatable bonds is 4. The molecule has 1 aromatic heterocycles. The summed E-state index contributed by atoms with van der Waals surface area (Å²) in [7, 11) is 2.02. The van der Waals surface area contributed by atoms with Crippen molar-refractivity contribution in [2.75, 3.05) is 11.9 Å². The van der Waals surface area contributed by atoms with Crippen molar-refractivity contribution in [3.8, 4) is 0 Å². The van der Waals surface area contributed by atoms with Gasteiger partial charge in [-0.05, 0) is 38.1 Å². The molecule has 0 aliphatic heterocycles. The third-order valence-corrected chi connectivity index (χ3v) is 4.21. The summed E-state index contributed by atoms with van der Waals surface area (Å²) in [6.45, 7) is 4.88. The Morgan fingerprint density at radius 2 is 2.00 bits per heavy atom. The number of oxime groups is 1. The van der Waals surface area contributed by atoms with Crippen molar-refractivity contribution in [2.24, 2.45) is 10.9 Å². The van der Waals surface area contributed by atoms with Gasteiger partial charge >= 0.3 is 0 Å². The van der Waals surface area contributed by atoms with Crippen LogP contribution in [0.1, 0.15) is 21.1 Å². The molecule has 2 aromatic rings. The summed E-state index contributed by atoms with van der Waals surface area (Å²) >= 11 is 1.72. The zero-order valence-electron chi connectivity index (χ0n) is 11.8. The number of amidine groups is 1. The van der Waals surface area contributed by atoms with E-state index in [2.05, 4.69) is 22.0 Å². The molecule has 0 unspecified atom stereocenters. The fraction of sp³-hybridized carbons (Fsp3) is 0.286. The van der Waals surface area contributed by atoms with Crippen molar-refractivity contribution in [3.05, 3.63) is 45.4 Å². The van der Waals surface area contributed by atoms with Crippen LogP contribution in [0.4, 0.5) is 5.69 Å². The fourth-order valence-electron chi connectivity index (χ4n) is 1.85. The van der Waals surface area contributed by atoms with Gasteiger partial charge in [0.15, 0.2) is 5.84 Å². The Labute approximate surface area is 122 Å². The summed E-state index contributed by atoms with van der Waals surface area (Å²) in [5.41, 5.74) is 8.40. The minimum absolute atomic E-state index is 0.116. The van der Waals surface area contributed by atoms with Crippen molar-refractivity contribution in [3.63, 3.8) is 0 Å². The zero-order valence-corrected chi connectivity index (χ0v) is 12.6. The highest BCUT2D eigenvalue weighted by atomic mass is 32.1. The maximum absolute atomic E-state index is 8.64. The van der Waals surface area contributed by atoms with Gasteiger partial charge in [-0.3, -0.25) is 0 Å². The first-order valence-electron chi connectivity index (χ1n) is 6.23. The molecular weight excluding hydrogens is 272 g/mol. The summed E-state index contributed by atoms with van der Waals surface area (Å²) in [6, 6.07) is 7.56. The average molecular weight is 290 g/mol. The largest absolute Gasteiger partial charge is 0.409 e. The molecule has 0 radical (unpaired) electrons. The number of aromatic nitrogens is 1. The summed E-state index contributed by atoms with van der Waals surface area (Å²) in [5, 5.41) is 12.7. The van der Waals surface area contributed by atoms with Crippen LogP contribution < -0.4 is 10.6 Å². The number of hydrogen-bond acceptors (Lipinski definition) is 5. The van der Waals surface area contributed by atoms with Crippen molar-refractivity contribution >= 4 is 22.9 Å². The van der Waals surface area contributed by atoms with Crippen LogP contribution in [0.25, 0.3) is 0 Å². The van der Waals surface area contributed by atoms with Gasteiger partial charge in [-0.25, -0.2) is 4.98 Å². The number of anilines is 1. The first-order valence-corrected chi connectivity index (χ1v) is 7.05. The lowest BCUT2D eigenvalue weighted by atomic mass is 10.2. The van der Waals surface area contributed by atoms with Crippen LogP contribution >= 0.6 is 11.3 Å². The summed E-state index contributed by atoms with van der Waals surface area (Å²) in [6.07, 6.45) is 0. The molecule has 0 spiro atoms. The van der Waals surface area contributed by atoms with E-state index in [1.165, 1.54) is 4.88 Å². The summed E-state index contributed by atoms with van der Waals surface area (Å²) < 4.78 is 0. The van der Waals surface area contributed by atoms with E-state index in [1.807, 2.05) is 38.2 Å². The lowest BCUT2D eigenvalue weighted by Crippen LogP contribution is -2.17. The molecule has 2 rings (SSSR count). The maximum atomic E-state index is 8.64. The molecular formula is C14H18N4OS. The third-order valence-electron chi connectivity index (χ3n) is 3.16. The van der Waals surface area contributed by atoms with Crippen LogP contribution in [-0.4, -0.2) is 23.1 Å². The lowest BCUT2D eigenvalue weighted by molar-refractivity contribution is 0.318. The number of nitrogens with two attached hydrogens (primary N) is 1. The first kappa shape index (κ1) is 14.3. The molecule has 0 atom stereocenters. The van der Waals surface area contributed by atoms with E-state index in [1.54, 1.807) is 11.3 Å². The van der Waals surface area contributed by atoms with Crippen LogP contribution in [-0.2, 0) is 6.54 Å². The molecule has 3 N–H and O–H groups in total. The van der Waals surface area contributed by atoms with Crippen molar-refractivity contribution in [1.29, 1.82) is 0 Å². The number of aryl methyl sites for hydroxylation is 2. The average Bonchev–Trinajstić information content (AvgIpc) is 2.76. The van der Waals surface area contributed by atoms with Crippen LogP contribution in [0, 0.1) is 13.8 Å². The van der Waals surface area contributed by atoms with E-state index in [-0.39, 0.29) is 5.84 Å². The second-order valence-corrected chi connectivity index (χ2v) is 5.93. The number of benzene rings is 1. The molecule has 0 aliphatic rings. The van der Waals surface area contributed by atoms with E-state index in [0.29, 0.717) is 5.56 Å². The molecule has 0 bridgehead atoms. The second-order valence-electron chi connectivity index (χ2n) is 4.64. The van der Waals surface area contributed by atoms with Crippen LogP contribution in [0.5, 0.6) is 0 Å². The van der Waals surface area contributed by atoms with Gasteiger partial charge in [-0.1, -0.05) is 5.16 Å². The predicted molar refractivity (Wildman–Crippen MR) is 82.6 cm³/mol. The number of hydrogen-bond donors (Lipinski definition) is 2. The van der Waals surface area contributed by atoms with Gasteiger partial charge in [0.1, 0.15) is 5.01 Å². The Hall–Kier alpha value is -2.08. The Kier molecular flexibility index (Phi) is 4.24. The Bertz CT molecular complexity index is 599. The van der Waals surface area contributed by atoms with Gasteiger partial charge in [-0.2, -0.15) is 0 Å². The van der Waals surface area contributed by atoms with E-state index in [4.69, 9.17) is 10.9 Å². The topological polar surface area (TPSA) is 74.7 Å². The number of thiazole rings is 1. The monoisotopic (exact) mass is 290 g/mol. The molecule has 1 heterocycles. The second kappa shape index (κ2) is 5.92. The van der Waals surface area contributed by atoms with Gasteiger partial charge in [0, 0.05) is 23.2 Å². The van der Waals surface area contributed by atoms with Crippen molar-refractivity contribution in [1.82, 2.24) is 4.98 Å².